The minimum absolute atomic E-state index is 0.0268. The SMILES string of the molecule is Cc1cc(C)c(-n2c(-c3ccccc3O)nc3c(-c4cc(-c5cccc6cccnc56)ccc4C4c5ccccc5-c5ccccc54)cc(C)cc32)c(C)c1. The van der Waals surface area contributed by atoms with Crippen LogP contribution in [0.1, 0.15) is 44.9 Å². The first kappa shape index (κ1) is 32.8. The fourth-order valence-corrected chi connectivity index (χ4v) is 9.15. The number of hydrogen-bond donors (Lipinski definition) is 1. The van der Waals surface area contributed by atoms with Gasteiger partial charge in [-0.3, -0.25) is 9.55 Å². The number of rotatable bonds is 5. The number of benzene rings is 7. The quantitative estimate of drug-likeness (QED) is 0.194. The Kier molecular flexibility index (Phi) is 7.57. The summed E-state index contributed by atoms with van der Waals surface area (Å²) in [6.45, 7) is 8.65. The fraction of sp³-hybridized carbons (Fsp3) is 0.0980. The molecule has 4 nitrogen and oxygen atoms in total. The molecule has 2 aromatic heterocycles. The number of nitrogens with zero attached hydrogens (tertiary/aromatic N) is 3. The highest BCUT2D eigenvalue weighted by Crippen LogP contribution is 2.51. The van der Waals surface area contributed by atoms with E-state index in [0.29, 0.717) is 11.4 Å². The van der Waals surface area contributed by atoms with E-state index in [0.717, 1.165) is 66.6 Å². The van der Waals surface area contributed by atoms with E-state index in [1.54, 1.807) is 6.07 Å². The number of aryl methyl sites for hydroxylation is 4. The number of phenols is 1. The number of pyridine rings is 1. The van der Waals surface area contributed by atoms with Crippen molar-refractivity contribution in [3.05, 3.63) is 191 Å². The monoisotopic (exact) mass is 709 g/mol. The summed E-state index contributed by atoms with van der Waals surface area (Å²) in [7, 11) is 0. The molecular weight excluding hydrogens is 671 g/mol. The zero-order valence-electron chi connectivity index (χ0n) is 31.3. The Morgan fingerprint density at radius 3 is 1.85 bits per heavy atom. The summed E-state index contributed by atoms with van der Waals surface area (Å²) >= 11 is 0. The molecule has 0 unspecified atom stereocenters. The van der Waals surface area contributed by atoms with Gasteiger partial charge in [-0.05, 0) is 120 Å². The van der Waals surface area contributed by atoms with Crippen LogP contribution in [0.15, 0.2) is 152 Å². The smallest absolute Gasteiger partial charge is 0.149 e. The van der Waals surface area contributed by atoms with Crippen LogP contribution < -0.4 is 0 Å². The molecule has 55 heavy (non-hydrogen) atoms. The van der Waals surface area contributed by atoms with Gasteiger partial charge in [-0.25, -0.2) is 4.98 Å². The third-order valence-corrected chi connectivity index (χ3v) is 11.3. The van der Waals surface area contributed by atoms with E-state index in [1.807, 2.05) is 30.5 Å². The molecule has 0 radical (unpaired) electrons. The predicted molar refractivity (Wildman–Crippen MR) is 226 cm³/mol. The molecule has 0 spiro atoms. The Morgan fingerprint density at radius 2 is 1.13 bits per heavy atom. The summed E-state index contributed by atoms with van der Waals surface area (Å²) in [5, 5.41) is 12.5. The van der Waals surface area contributed by atoms with Gasteiger partial charge in [-0.2, -0.15) is 0 Å². The molecule has 0 fully saturated rings. The molecule has 1 aliphatic carbocycles. The molecule has 7 aromatic carbocycles. The molecule has 1 aliphatic rings. The molecule has 0 bridgehead atoms. The lowest BCUT2D eigenvalue weighted by Gasteiger charge is -2.21. The second-order valence-electron chi connectivity index (χ2n) is 15.0. The van der Waals surface area contributed by atoms with Gasteiger partial charge in [0.1, 0.15) is 11.6 Å². The second kappa shape index (κ2) is 12.7. The van der Waals surface area contributed by atoms with Crippen molar-refractivity contribution in [1.82, 2.24) is 14.5 Å². The van der Waals surface area contributed by atoms with Crippen LogP contribution in [0, 0.1) is 27.7 Å². The first-order chi connectivity index (χ1) is 26.9. The Balaban J connectivity index is 1.32. The molecule has 9 aromatic rings. The van der Waals surface area contributed by atoms with Gasteiger partial charge in [0.15, 0.2) is 0 Å². The van der Waals surface area contributed by atoms with E-state index in [9.17, 15) is 5.11 Å². The minimum Gasteiger partial charge on any atom is -0.507 e. The van der Waals surface area contributed by atoms with E-state index < -0.39 is 0 Å². The van der Waals surface area contributed by atoms with Crippen molar-refractivity contribution < 1.29 is 5.11 Å². The first-order valence-corrected chi connectivity index (χ1v) is 18.9. The Labute approximate surface area is 321 Å². The normalized spacial score (nSPS) is 12.4. The summed E-state index contributed by atoms with van der Waals surface area (Å²) in [6.07, 6.45) is 1.87. The first-order valence-electron chi connectivity index (χ1n) is 18.9. The minimum atomic E-state index is 0.0268. The van der Waals surface area contributed by atoms with E-state index in [4.69, 9.17) is 9.97 Å². The maximum absolute atomic E-state index is 11.3. The van der Waals surface area contributed by atoms with E-state index in [2.05, 4.69) is 148 Å². The van der Waals surface area contributed by atoms with Crippen molar-refractivity contribution in [3.63, 3.8) is 0 Å². The average molecular weight is 710 g/mol. The molecule has 0 saturated heterocycles. The lowest BCUT2D eigenvalue weighted by molar-refractivity contribution is 0.477. The summed E-state index contributed by atoms with van der Waals surface area (Å²) in [5.74, 6) is 0.937. The summed E-state index contributed by atoms with van der Waals surface area (Å²) < 4.78 is 2.27. The lowest BCUT2D eigenvalue weighted by Crippen LogP contribution is -2.04. The standard InChI is InChI=1S/C51H39N3O/c1-30-25-32(3)50(33(4)26-30)54-45-28-31(2)27-44(49(45)53-51(54)42-19-9-10-21-46(42)55)43-29-35(36-20-11-13-34-14-12-24-52-48(34)36)22-23-41(43)47-39-17-7-5-15-37(39)38-16-6-8-18-40(38)47/h5-29,47,55H,1-4H3. The van der Waals surface area contributed by atoms with E-state index in [1.165, 1.54) is 33.4 Å². The largest absolute Gasteiger partial charge is 0.507 e. The molecule has 4 heteroatoms. The second-order valence-corrected chi connectivity index (χ2v) is 15.0. The lowest BCUT2D eigenvalue weighted by atomic mass is 9.82. The maximum atomic E-state index is 11.3. The van der Waals surface area contributed by atoms with Gasteiger partial charge in [0.2, 0.25) is 0 Å². The summed E-state index contributed by atoms with van der Waals surface area (Å²) in [5.41, 5.74) is 20.1. The topological polar surface area (TPSA) is 50.9 Å². The molecule has 0 saturated carbocycles. The van der Waals surface area contributed by atoms with Crippen LogP contribution in [0.4, 0.5) is 0 Å². The highest BCUT2D eigenvalue weighted by molar-refractivity contribution is 6.00. The third kappa shape index (κ3) is 5.20. The Hall–Kier alpha value is -6.78. The van der Waals surface area contributed by atoms with E-state index in [-0.39, 0.29) is 11.7 Å². The van der Waals surface area contributed by atoms with Crippen molar-refractivity contribution >= 4 is 21.9 Å². The molecule has 2 heterocycles. The number of aromatic nitrogens is 3. The predicted octanol–water partition coefficient (Wildman–Crippen LogP) is 12.7. The van der Waals surface area contributed by atoms with Gasteiger partial charge in [0.05, 0.1) is 27.8 Å². The molecule has 0 atom stereocenters. The number of aromatic hydroxyl groups is 1. The third-order valence-electron chi connectivity index (χ3n) is 11.3. The van der Waals surface area contributed by atoms with Crippen LogP contribution in [0.3, 0.4) is 0 Å². The molecule has 264 valence electrons. The molecule has 0 aliphatic heterocycles. The zero-order valence-corrected chi connectivity index (χ0v) is 31.3. The van der Waals surface area contributed by atoms with Gasteiger partial charge >= 0.3 is 0 Å². The highest BCUT2D eigenvalue weighted by atomic mass is 16.3. The fourth-order valence-electron chi connectivity index (χ4n) is 9.15. The molecule has 10 rings (SSSR count). The Bertz CT molecular complexity index is 2930. The van der Waals surface area contributed by atoms with Gasteiger partial charge in [-0.1, -0.05) is 115 Å². The number of fused-ring (bicyclic) bond motifs is 5. The van der Waals surface area contributed by atoms with Crippen LogP contribution in [0.5, 0.6) is 5.75 Å². The van der Waals surface area contributed by atoms with Gasteiger partial charge < -0.3 is 5.11 Å². The van der Waals surface area contributed by atoms with Crippen LogP contribution in [0.2, 0.25) is 0 Å². The van der Waals surface area contributed by atoms with Crippen molar-refractivity contribution in [1.29, 1.82) is 0 Å². The van der Waals surface area contributed by atoms with E-state index >= 15 is 0 Å². The van der Waals surface area contributed by atoms with Gasteiger partial charge in [-0.15, -0.1) is 0 Å². The highest BCUT2D eigenvalue weighted by Gasteiger charge is 2.32. The van der Waals surface area contributed by atoms with Crippen LogP contribution in [0.25, 0.3) is 72.4 Å². The number of imidazole rings is 1. The average Bonchev–Trinajstić information content (AvgIpc) is 3.73. The molecule has 0 amide bonds. The number of para-hydroxylation sites is 2. The summed E-state index contributed by atoms with van der Waals surface area (Å²) in [4.78, 5) is 10.4. The van der Waals surface area contributed by atoms with Gasteiger partial charge in [0.25, 0.3) is 0 Å². The van der Waals surface area contributed by atoms with Gasteiger partial charge in [0, 0.05) is 28.6 Å². The van der Waals surface area contributed by atoms with Crippen molar-refractivity contribution in [2.45, 2.75) is 33.6 Å². The molecule has 1 N–H and O–H groups in total. The number of hydrogen-bond acceptors (Lipinski definition) is 3. The maximum Gasteiger partial charge on any atom is 0.149 e. The van der Waals surface area contributed by atoms with Crippen molar-refractivity contribution in [3.8, 4) is 56.2 Å². The van der Waals surface area contributed by atoms with Crippen LogP contribution in [-0.2, 0) is 0 Å². The Morgan fingerprint density at radius 1 is 0.509 bits per heavy atom. The van der Waals surface area contributed by atoms with Crippen LogP contribution >= 0.6 is 0 Å². The van der Waals surface area contributed by atoms with Crippen LogP contribution in [-0.4, -0.2) is 19.6 Å². The van der Waals surface area contributed by atoms with Crippen molar-refractivity contribution in [2.24, 2.45) is 0 Å². The summed E-state index contributed by atoms with van der Waals surface area (Å²) in [6, 6.07) is 51.7. The zero-order chi connectivity index (χ0) is 37.4. The van der Waals surface area contributed by atoms with Crippen molar-refractivity contribution in [2.75, 3.05) is 0 Å². The molecular formula is C51H39N3O. The number of phenolic OH excluding ortho intramolecular Hbond substituents is 1.